The number of amides is 1. The van der Waals surface area contributed by atoms with Crippen molar-refractivity contribution in [3.63, 3.8) is 0 Å². The number of rotatable bonds is 18. The highest BCUT2D eigenvalue weighted by atomic mass is 33.1. The molecule has 4 heterocycles. The molecule has 0 aromatic carbocycles. The molecule has 0 radical (unpaired) electrons. The van der Waals surface area contributed by atoms with Crippen molar-refractivity contribution in [3.8, 4) is 0 Å². The first kappa shape index (κ1) is 39.6. The second kappa shape index (κ2) is 20.0. The Hall–Kier alpha value is -4.22. The summed E-state index contributed by atoms with van der Waals surface area (Å²) in [5.41, 5.74) is 4.64. The SMILES string of the molecule is CC(=O)OCC(CCN1CNc2cnc(NC(=O)OCCSSCCOC(=O)OC[C@@H]3OC(n4cc(F)c(N)nc4=O)CS3)nc21)COC(C)=O. The van der Waals surface area contributed by atoms with E-state index in [0.717, 1.165) is 10.8 Å². The van der Waals surface area contributed by atoms with Gasteiger partial charge in [-0.2, -0.15) is 9.97 Å². The molecule has 2 aromatic rings. The van der Waals surface area contributed by atoms with Crippen LogP contribution in [-0.2, 0) is 38.0 Å². The fourth-order valence-corrected chi connectivity index (χ4v) is 7.00. The molecular weight excluding hydrogens is 740 g/mol. The Kier molecular flexibility index (Phi) is 15.5. The van der Waals surface area contributed by atoms with Gasteiger partial charge in [0.15, 0.2) is 17.5 Å². The maximum atomic E-state index is 13.7. The number of nitrogens with two attached hydrogens (primary N) is 1. The monoisotopic (exact) mass is 776 g/mol. The van der Waals surface area contributed by atoms with E-state index in [0.29, 0.717) is 48.4 Å². The number of anilines is 4. The average Bonchev–Trinajstić information content (AvgIpc) is 3.73. The fraction of sp³-hybridized carbons (Fsp3) is 0.571. The quantitative estimate of drug-likeness (QED) is 0.0853. The number of thioether (sulfide) groups is 1. The summed E-state index contributed by atoms with van der Waals surface area (Å²) in [7, 11) is 2.81. The average molecular weight is 777 g/mol. The van der Waals surface area contributed by atoms with Crippen LogP contribution in [0.15, 0.2) is 17.2 Å². The Bertz CT molecular complexity index is 1570. The lowest BCUT2D eigenvalue weighted by molar-refractivity contribution is -0.146. The number of halogens is 1. The molecule has 1 saturated heterocycles. The van der Waals surface area contributed by atoms with Gasteiger partial charge >= 0.3 is 29.9 Å². The molecule has 19 nitrogen and oxygen atoms in total. The number of ether oxygens (including phenoxy) is 6. The van der Waals surface area contributed by atoms with Gasteiger partial charge in [0, 0.05) is 43.6 Å². The molecule has 280 valence electrons. The molecule has 1 amide bonds. The Balaban J connectivity index is 1.05. The van der Waals surface area contributed by atoms with Crippen LogP contribution in [0.1, 0.15) is 26.5 Å². The summed E-state index contributed by atoms with van der Waals surface area (Å²) >= 11 is 1.28. The molecule has 51 heavy (non-hydrogen) atoms. The van der Waals surface area contributed by atoms with Gasteiger partial charge in [0.05, 0.1) is 38.0 Å². The summed E-state index contributed by atoms with van der Waals surface area (Å²) < 4.78 is 45.8. The van der Waals surface area contributed by atoms with E-state index in [-0.39, 0.29) is 44.9 Å². The zero-order valence-electron chi connectivity index (χ0n) is 27.6. The van der Waals surface area contributed by atoms with Gasteiger partial charge in [0.1, 0.15) is 31.5 Å². The Labute approximate surface area is 302 Å². The van der Waals surface area contributed by atoms with Gasteiger partial charge in [-0.1, -0.05) is 21.6 Å². The zero-order valence-corrected chi connectivity index (χ0v) is 30.0. The standard InChI is InChI=1S/C28H37FN8O11S3/c1-16(38)45-11-18(12-46-17(2)39)3-4-36-15-32-20-9-31-25(34-24(20)36)35-27(41)43-5-7-50-51-8-6-44-28(42)47-13-22-48-21(14-49-22)37-10-19(29)23(30)33-26(37)40/h9-10,18,21-22,32H,3-8,11-15H2,1-2H3,(H2,30,33,40)(H,31,34,35,41)/t21?,22-/m1/s1. The number of nitrogen functional groups attached to an aromatic ring is 1. The Morgan fingerprint density at radius 3 is 2.51 bits per heavy atom. The van der Waals surface area contributed by atoms with E-state index in [2.05, 4.69) is 25.6 Å². The maximum absolute atomic E-state index is 13.7. The summed E-state index contributed by atoms with van der Waals surface area (Å²) in [6, 6.07) is 0. The van der Waals surface area contributed by atoms with Crippen molar-refractivity contribution < 1.29 is 52.0 Å². The molecule has 0 bridgehead atoms. The van der Waals surface area contributed by atoms with Crippen LogP contribution in [0.5, 0.6) is 0 Å². The van der Waals surface area contributed by atoms with Gasteiger partial charge in [-0.05, 0) is 6.42 Å². The van der Waals surface area contributed by atoms with Crippen LogP contribution in [0.3, 0.4) is 0 Å². The molecule has 4 N–H and O–H groups in total. The summed E-state index contributed by atoms with van der Waals surface area (Å²) in [6.45, 7) is 3.83. The van der Waals surface area contributed by atoms with Crippen molar-refractivity contribution in [2.24, 2.45) is 5.92 Å². The molecule has 0 spiro atoms. The van der Waals surface area contributed by atoms with Crippen molar-refractivity contribution in [2.45, 2.75) is 31.9 Å². The highest BCUT2D eigenvalue weighted by Crippen LogP contribution is 2.32. The van der Waals surface area contributed by atoms with Crippen molar-refractivity contribution in [1.82, 2.24) is 19.5 Å². The maximum Gasteiger partial charge on any atom is 0.508 e. The van der Waals surface area contributed by atoms with Crippen LogP contribution in [0.4, 0.5) is 37.3 Å². The van der Waals surface area contributed by atoms with E-state index >= 15 is 0 Å². The fourth-order valence-electron chi connectivity index (χ4n) is 4.35. The highest BCUT2D eigenvalue weighted by molar-refractivity contribution is 8.76. The van der Waals surface area contributed by atoms with Gasteiger partial charge in [-0.3, -0.25) is 19.5 Å². The van der Waals surface area contributed by atoms with Crippen LogP contribution in [0.2, 0.25) is 0 Å². The Morgan fingerprint density at radius 2 is 1.80 bits per heavy atom. The molecule has 2 atom stereocenters. The summed E-state index contributed by atoms with van der Waals surface area (Å²) in [6.07, 6.45) is 0.607. The molecule has 2 aliphatic rings. The molecule has 2 aromatic heterocycles. The number of nitrogens with one attached hydrogen (secondary N) is 2. The molecule has 0 saturated carbocycles. The normalized spacial score (nSPS) is 16.3. The molecule has 4 rings (SSSR count). The third-order valence-electron chi connectivity index (χ3n) is 6.78. The van der Waals surface area contributed by atoms with E-state index in [1.54, 1.807) is 6.20 Å². The van der Waals surface area contributed by atoms with Crippen LogP contribution < -0.4 is 27.0 Å². The molecule has 23 heteroatoms. The second-order valence-electron chi connectivity index (χ2n) is 10.6. The van der Waals surface area contributed by atoms with Crippen LogP contribution in [0.25, 0.3) is 0 Å². The lowest BCUT2D eigenvalue weighted by Gasteiger charge is -2.21. The third-order valence-corrected chi connectivity index (χ3v) is 10.2. The Morgan fingerprint density at radius 1 is 1.10 bits per heavy atom. The zero-order chi connectivity index (χ0) is 36.8. The first-order valence-corrected chi connectivity index (χ1v) is 18.9. The van der Waals surface area contributed by atoms with Crippen molar-refractivity contribution in [2.75, 3.05) is 84.8 Å². The first-order valence-electron chi connectivity index (χ1n) is 15.4. The number of fused-ring (bicyclic) bond motifs is 1. The van der Waals surface area contributed by atoms with Gasteiger partial charge in [0.25, 0.3) is 0 Å². The molecule has 2 aliphatic heterocycles. The predicted octanol–water partition coefficient (Wildman–Crippen LogP) is 2.45. The van der Waals surface area contributed by atoms with Gasteiger partial charge in [-0.15, -0.1) is 11.8 Å². The smallest absolute Gasteiger partial charge is 0.465 e. The van der Waals surface area contributed by atoms with E-state index in [1.165, 1.54) is 47.2 Å². The molecular formula is C28H37FN8O11S3. The van der Waals surface area contributed by atoms with Gasteiger partial charge in [-0.25, -0.2) is 23.8 Å². The topological polar surface area (TPSA) is 238 Å². The molecule has 1 fully saturated rings. The van der Waals surface area contributed by atoms with Crippen LogP contribution >= 0.6 is 33.3 Å². The lowest BCUT2D eigenvalue weighted by Crippen LogP contribution is -2.30. The third kappa shape index (κ3) is 13.1. The number of hydrogen-bond acceptors (Lipinski definition) is 20. The van der Waals surface area contributed by atoms with E-state index in [4.69, 9.17) is 34.2 Å². The van der Waals surface area contributed by atoms with E-state index < -0.39 is 53.2 Å². The minimum absolute atomic E-state index is 0.0535. The number of nitrogens with zero attached hydrogens (tertiary/aromatic N) is 5. The number of aromatic nitrogens is 4. The number of esters is 2. The highest BCUT2D eigenvalue weighted by Gasteiger charge is 2.30. The van der Waals surface area contributed by atoms with E-state index in [9.17, 15) is 28.4 Å². The lowest BCUT2D eigenvalue weighted by atomic mass is 10.1. The van der Waals surface area contributed by atoms with Gasteiger partial charge < -0.3 is 44.4 Å². The van der Waals surface area contributed by atoms with E-state index in [1.807, 2.05) is 4.90 Å². The number of carbonyl (C=O) groups is 4. The summed E-state index contributed by atoms with van der Waals surface area (Å²) in [5.74, 6) is -0.548. The van der Waals surface area contributed by atoms with Crippen molar-refractivity contribution >= 4 is 80.8 Å². The number of carbonyl (C=O) groups excluding carboxylic acids is 4. The second-order valence-corrected chi connectivity index (χ2v) is 14.5. The van der Waals surface area contributed by atoms with Crippen molar-refractivity contribution in [1.29, 1.82) is 0 Å². The van der Waals surface area contributed by atoms with Crippen LogP contribution in [-0.4, -0.2) is 113 Å². The summed E-state index contributed by atoms with van der Waals surface area (Å²) in [4.78, 5) is 72.6. The first-order chi connectivity index (χ1) is 24.5. The number of hydrogen-bond donors (Lipinski definition) is 3. The minimum atomic E-state index is -0.888. The largest absolute Gasteiger partial charge is 0.508 e. The predicted molar refractivity (Wildman–Crippen MR) is 186 cm³/mol. The molecule has 1 unspecified atom stereocenters. The van der Waals surface area contributed by atoms with Gasteiger partial charge in [0.2, 0.25) is 5.95 Å². The van der Waals surface area contributed by atoms with Crippen LogP contribution in [0, 0.1) is 11.7 Å². The molecule has 0 aliphatic carbocycles. The summed E-state index contributed by atoms with van der Waals surface area (Å²) in [5, 5.41) is 5.68. The minimum Gasteiger partial charge on any atom is -0.465 e. The van der Waals surface area contributed by atoms with Crippen molar-refractivity contribution in [3.05, 3.63) is 28.7 Å².